The number of hydrogen-bond acceptors (Lipinski definition) is 5. The summed E-state index contributed by atoms with van der Waals surface area (Å²) >= 11 is 3.33. The van der Waals surface area contributed by atoms with E-state index in [0.717, 1.165) is 44.0 Å². The van der Waals surface area contributed by atoms with E-state index in [9.17, 15) is 8.42 Å². The largest absolute Gasteiger partial charge is 0.496 e. The molecule has 0 radical (unpaired) electrons. The van der Waals surface area contributed by atoms with Crippen molar-refractivity contribution in [1.29, 1.82) is 0 Å². The lowest BCUT2D eigenvalue weighted by Crippen LogP contribution is -2.36. The van der Waals surface area contributed by atoms with Gasteiger partial charge in [-0.05, 0) is 45.3 Å². The maximum atomic E-state index is 12.7. The molecule has 3 rings (SSSR count). The zero-order valence-corrected chi connectivity index (χ0v) is 17.6. The molecule has 2 aromatic carbocycles. The predicted molar refractivity (Wildman–Crippen MR) is 107 cm³/mol. The molecule has 1 saturated heterocycles. The maximum absolute atomic E-state index is 12.7. The molecule has 0 aromatic heterocycles. The minimum atomic E-state index is -3.62. The van der Waals surface area contributed by atoms with Gasteiger partial charge in [0.25, 0.3) is 0 Å². The number of sulfonamides is 1. The summed E-state index contributed by atoms with van der Waals surface area (Å²) in [6.45, 7) is 4.28. The van der Waals surface area contributed by atoms with E-state index in [4.69, 9.17) is 9.47 Å². The average Bonchev–Trinajstić information content (AvgIpc) is 2.68. The Morgan fingerprint density at radius 1 is 1.15 bits per heavy atom. The molecule has 0 saturated carbocycles. The summed E-state index contributed by atoms with van der Waals surface area (Å²) in [4.78, 5) is 2.51. The Morgan fingerprint density at radius 3 is 2.52 bits per heavy atom. The third-order valence-electron chi connectivity index (χ3n) is 4.50. The summed E-state index contributed by atoms with van der Waals surface area (Å²) < 4.78 is 39.2. The van der Waals surface area contributed by atoms with Gasteiger partial charge in [-0.1, -0.05) is 24.3 Å². The van der Waals surface area contributed by atoms with Crippen LogP contribution >= 0.6 is 15.9 Å². The standard InChI is InChI=1S/C19H23BrN2O4S/c1-25-19-7-6-17(12-18(19)20)27(23,24)21-13-15-4-2-3-5-16(15)14-22-8-10-26-11-9-22/h2-7,12,21H,8-11,13-14H2,1H3. The third kappa shape index (κ3) is 5.30. The summed E-state index contributed by atoms with van der Waals surface area (Å²) in [6, 6.07) is 12.6. The normalized spacial score (nSPS) is 15.6. The summed E-state index contributed by atoms with van der Waals surface area (Å²) in [7, 11) is -2.09. The van der Waals surface area contributed by atoms with Crippen LogP contribution in [0.3, 0.4) is 0 Å². The Balaban J connectivity index is 1.71. The molecule has 6 nitrogen and oxygen atoms in total. The molecule has 27 heavy (non-hydrogen) atoms. The van der Waals surface area contributed by atoms with E-state index >= 15 is 0 Å². The molecule has 1 heterocycles. The second kappa shape index (κ2) is 9.16. The van der Waals surface area contributed by atoms with Crippen LogP contribution in [-0.2, 0) is 27.8 Å². The maximum Gasteiger partial charge on any atom is 0.240 e. The van der Waals surface area contributed by atoms with Gasteiger partial charge in [0.2, 0.25) is 10.0 Å². The lowest BCUT2D eigenvalue weighted by Gasteiger charge is -2.27. The molecule has 1 aliphatic heterocycles. The van der Waals surface area contributed by atoms with Gasteiger partial charge in [-0.2, -0.15) is 0 Å². The zero-order chi connectivity index (χ0) is 19.3. The van der Waals surface area contributed by atoms with Crippen molar-refractivity contribution in [2.75, 3.05) is 33.4 Å². The molecule has 2 aromatic rings. The molecule has 0 spiro atoms. The molecule has 0 amide bonds. The lowest BCUT2D eigenvalue weighted by molar-refractivity contribution is 0.0341. The van der Waals surface area contributed by atoms with E-state index in [2.05, 4.69) is 25.6 Å². The van der Waals surface area contributed by atoms with Gasteiger partial charge < -0.3 is 9.47 Å². The first-order chi connectivity index (χ1) is 13.0. The molecular weight excluding hydrogens is 432 g/mol. The third-order valence-corrected chi connectivity index (χ3v) is 6.52. The number of ether oxygens (including phenoxy) is 2. The van der Waals surface area contributed by atoms with E-state index in [-0.39, 0.29) is 11.4 Å². The lowest BCUT2D eigenvalue weighted by atomic mass is 10.1. The fraction of sp³-hybridized carbons (Fsp3) is 0.368. The highest BCUT2D eigenvalue weighted by molar-refractivity contribution is 9.10. The Labute approximate surface area is 168 Å². The molecule has 0 atom stereocenters. The molecule has 8 heteroatoms. The van der Waals surface area contributed by atoms with Gasteiger partial charge in [-0.3, -0.25) is 4.90 Å². The minimum Gasteiger partial charge on any atom is -0.496 e. The number of methoxy groups -OCH3 is 1. The van der Waals surface area contributed by atoms with E-state index < -0.39 is 10.0 Å². The van der Waals surface area contributed by atoms with E-state index in [1.54, 1.807) is 12.1 Å². The second-order valence-corrected chi connectivity index (χ2v) is 8.90. The number of nitrogens with zero attached hydrogens (tertiary/aromatic N) is 1. The van der Waals surface area contributed by atoms with Crippen LogP contribution in [0.15, 0.2) is 51.8 Å². The quantitative estimate of drug-likeness (QED) is 0.696. The number of rotatable bonds is 7. The van der Waals surface area contributed by atoms with Crippen LogP contribution in [0, 0.1) is 0 Å². The molecule has 1 fully saturated rings. The van der Waals surface area contributed by atoms with Crippen LogP contribution in [0.25, 0.3) is 0 Å². The Kier molecular flexibility index (Phi) is 6.88. The summed E-state index contributed by atoms with van der Waals surface area (Å²) in [5, 5.41) is 0. The molecule has 1 aliphatic rings. The molecule has 146 valence electrons. The van der Waals surface area contributed by atoms with Crippen molar-refractivity contribution in [2.45, 2.75) is 18.0 Å². The van der Waals surface area contributed by atoms with Crippen molar-refractivity contribution >= 4 is 26.0 Å². The zero-order valence-electron chi connectivity index (χ0n) is 15.2. The predicted octanol–water partition coefficient (Wildman–Crippen LogP) is 2.77. The topological polar surface area (TPSA) is 67.9 Å². The van der Waals surface area contributed by atoms with Crippen molar-refractivity contribution in [1.82, 2.24) is 9.62 Å². The van der Waals surface area contributed by atoms with Gasteiger partial charge in [-0.25, -0.2) is 13.1 Å². The first-order valence-corrected chi connectivity index (χ1v) is 11.0. The summed E-state index contributed by atoms with van der Waals surface area (Å²) in [5.41, 5.74) is 2.10. The van der Waals surface area contributed by atoms with Gasteiger partial charge in [0.05, 0.1) is 29.7 Å². The highest BCUT2D eigenvalue weighted by Gasteiger charge is 2.17. The van der Waals surface area contributed by atoms with Crippen LogP contribution < -0.4 is 9.46 Å². The molecular formula is C19H23BrN2O4S. The average molecular weight is 455 g/mol. The van der Waals surface area contributed by atoms with Crippen LogP contribution in [-0.4, -0.2) is 46.7 Å². The fourth-order valence-electron chi connectivity index (χ4n) is 2.95. The fourth-order valence-corrected chi connectivity index (χ4v) is 4.68. The van der Waals surface area contributed by atoms with Crippen molar-refractivity contribution in [3.8, 4) is 5.75 Å². The Hall–Kier alpha value is -1.45. The van der Waals surface area contributed by atoms with Crippen molar-refractivity contribution in [2.24, 2.45) is 0 Å². The van der Waals surface area contributed by atoms with E-state index in [1.165, 1.54) is 13.2 Å². The van der Waals surface area contributed by atoms with Gasteiger partial charge in [0.1, 0.15) is 5.75 Å². The van der Waals surface area contributed by atoms with E-state index in [0.29, 0.717) is 10.2 Å². The number of nitrogens with one attached hydrogen (secondary N) is 1. The molecule has 0 unspecified atom stereocenters. The highest BCUT2D eigenvalue weighted by atomic mass is 79.9. The number of benzene rings is 2. The smallest absolute Gasteiger partial charge is 0.240 e. The number of hydrogen-bond donors (Lipinski definition) is 1. The van der Waals surface area contributed by atoms with Crippen LogP contribution in [0.4, 0.5) is 0 Å². The minimum absolute atomic E-state index is 0.195. The number of morpholine rings is 1. The first kappa shape index (κ1) is 20.3. The van der Waals surface area contributed by atoms with Gasteiger partial charge in [0.15, 0.2) is 0 Å². The second-order valence-electron chi connectivity index (χ2n) is 6.28. The molecule has 0 bridgehead atoms. The number of halogens is 1. The summed E-state index contributed by atoms with van der Waals surface area (Å²) in [6.07, 6.45) is 0. The van der Waals surface area contributed by atoms with Crippen molar-refractivity contribution in [3.05, 3.63) is 58.1 Å². The molecule has 0 aliphatic carbocycles. The van der Waals surface area contributed by atoms with Gasteiger partial charge >= 0.3 is 0 Å². The van der Waals surface area contributed by atoms with Crippen LogP contribution in [0.1, 0.15) is 11.1 Å². The highest BCUT2D eigenvalue weighted by Crippen LogP contribution is 2.27. The van der Waals surface area contributed by atoms with Gasteiger partial charge in [-0.15, -0.1) is 0 Å². The van der Waals surface area contributed by atoms with Crippen LogP contribution in [0.5, 0.6) is 5.75 Å². The monoisotopic (exact) mass is 454 g/mol. The van der Waals surface area contributed by atoms with E-state index in [1.807, 2.05) is 24.3 Å². The van der Waals surface area contributed by atoms with Crippen LogP contribution in [0.2, 0.25) is 0 Å². The van der Waals surface area contributed by atoms with Crippen molar-refractivity contribution < 1.29 is 17.9 Å². The Bertz CT molecular complexity index is 883. The Morgan fingerprint density at radius 2 is 1.85 bits per heavy atom. The summed E-state index contributed by atoms with van der Waals surface area (Å²) in [5.74, 6) is 0.588. The van der Waals surface area contributed by atoms with Crippen molar-refractivity contribution in [3.63, 3.8) is 0 Å². The molecule has 1 N–H and O–H groups in total. The SMILES string of the molecule is COc1ccc(S(=O)(=O)NCc2ccccc2CN2CCOCC2)cc1Br. The first-order valence-electron chi connectivity index (χ1n) is 8.70. The van der Waals surface area contributed by atoms with Gasteiger partial charge in [0, 0.05) is 26.2 Å².